The lowest BCUT2D eigenvalue weighted by atomic mass is 10.1. The molecule has 2 aliphatic heterocycles. The molecule has 0 spiro atoms. The molecule has 0 saturated carbocycles. The van der Waals surface area contributed by atoms with Crippen LogP contribution in [0.5, 0.6) is 0 Å². The summed E-state index contributed by atoms with van der Waals surface area (Å²) in [5.41, 5.74) is 4.36. The van der Waals surface area contributed by atoms with Gasteiger partial charge in [-0.15, -0.1) is 0 Å². The molecule has 4 rings (SSSR count). The molecule has 5 heteroatoms. The van der Waals surface area contributed by atoms with Gasteiger partial charge in [-0.1, -0.05) is 24.3 Å². The Morgan fingerprint density at radius 2 is 1.48 bits per heavy atom. The van der Waals surface area contributed by atoms with E-state index in [1.807, 2.05) is 12.1 Å². The van der Waals surface area contributed by atoms with E-state index in [4.69, 9.17) is 4.74 Å². The third kappa shape index (κ3) is 5.58. The van der Waals surface area contributed by atoms with Crippen LogP contribution in [0.4, 0.5) is 5.69 Å². The predicted octanol–water partition coefficient (Wildman–Crippen LogP) is 3.44. The van der Waals surface area contributed by atoms with Gasteiger partial charge in [0, 0.05) is 50.5 Å². The van der Waals surface area contributed by atoms with Crippen molar-refractivity contribution in [3.8, 4) is 0 Å². The molecule has 0 aromatic heterocycles. The van der Waals surface area contributed by atoms with Crippen molar-refractivity contribution in [2.24, 2.45) is 0 Å². The fourth-order valence-corrected chi connectivity index (χ4v) is 4.04. The van der Waals surface area contributed by atoms with Gasteiger partial charge in [-0.2, -0.15) is 0 Å². The number of anilines is 1. The maximum absolute atomic E-state index is 12.5. The molecule has 2 saturated heterocycles. The minimum absolute atomic E-state index is 0.0208. The Hall–Kier alpha value is -2.37. The Labute approximate surface area is 173 Å². The molecule has 0 atom stereocenters. The highest BCUT2D eigenvalue weighted by molar-refractivity contribution is 5.94. The Bertz CT molecular complexity index is 777. The zero-order chi connectivity index (χ0) is 19.9. The summed E-state index contributed by atoms with van der Waals surface area (Å²) >= 11 is 0. The van der Waals surface area contributed by atoms with Crippen LogP contribution in [0.3, 0.4) is 0 Å². The van der Waals surface area contributed by atoms with Crippen molar-refractivity contribution in [3.63, 3.8) is 0 Å². The quantitative estimate of drug-likeness (QED) is 0.817. The number of rotatable bonds is 6. The van der Waals surface area contributed by atoms with Crippen LogP contribution in [0, 0.1) is 0 Å². The number of nitrogens with zero attached hydrogens (tertiary/aromatic N) is 2. The Morgan fingerprint density at radius 3 is 2.17 bits per heavy atom. The van der Waals surface area contributed by atoms with Crippen LogP contribution in [0.25, 0.3) is 0 Å². The second kappa shape index (κ2) is 9.90. The van der Waals surface area contributed by atoms with Gasteiger partial charge < -0.3 is 15.0 Å². The third-order valence-electron chi connectivity index (χ3n) is 5.84. The maximum atomic E-state index is 12.5. The van der Waals surface area contributed by atoms with Crippen molar-refractivity contribution in [1.29, 1.82) is 0 Å². The first-order valence-corrected chi connectivity index (χ1v) is 10.8. The van der Waals surface area contributed by atoms with E-state index in [1.165, 1.54) is 30.5 Å². The first kappa shape index (κ1) is 19.9. The number of hydrogen-bond donors (Lipinski definition) is 1. The minimum atomic E-state index is -0.0208. The molecule has 0 aliphatic carbocycles. The molecule has 2 aromatic carbocycles. The molecule has 2 aliphatic rings. The zero-order valence-corrected chi connectivity index (χ0v) is 17.1. The molecule has 0 radical (unpaired) electrons. The summed E-state index contributed by atoms with van der Waals surface area (Å²) in [4.78, 5) is 17.3. The van der Waals surface area contributed by atoms with E-state index < -0.39 is 0 Å². The highest BCUT2D eigenvalue weighted by atomic mass is 16.5. The fourth-order valence-electron chi connectivity index (χ4n) is 4.04. The van der Waals surface area contributed by atoms with E-state index in [0.29, 0.717) is 6.54 Å². The van der Waals surface area contributed by atoms with Gasteiger partial charge in [0.15, 0.2) is 0 Å². The standard InChI is InChI=1S/C24H31N3O2/c28-24(22-8-10-23(11-9-22)27-12-2-1-3-13-27)25-18-20-4-6-21(7-5-20)19-26-14-16-29-17-15-26/h4-11H,1-3,12-19H2,(H,25,28). The summed E-state index contributed by atoms with van der Waals surface area (Å²) in [6, 6.07) is 16.5. The molecule has 1 N–H and O–H groups in total. The van der Waals surface area contributed by atoms with Gasteiger partial charge in [0.2, 0.25) is 0 Å². The smallest absolute Gasteiger partial charge is 0.251 e. The number of carbonyl (C=O) groups is 1. The number of hydrogen-bond acceptors (Lipinski definition) is 4. The van der Waals surface area contributed by atoms with Crippen molar-refractivity contribution in [1.82, 2.24) is 10.2 Å². The summed E-state index contributed by atoms with van der Waals surface area (Å²) in [6.07, 6.45) is 3.84. The molecule has 154 valence electrons. The van der Waals surface area contributed by atoms with Gasteiger partial charge in [-0.3, -0.25) is 9.69 Å². The molecular formula is C24H31N3O2. The number of morpholine rings is 1. The van der Waals surface area contributed by atoms with E-state index in [9.17, 15) is 4.79 Å². The first-order valence-electron chi connectivity index (χ1n) is 10.8. The van der Waals surface area contributed by atoms with Gasteiger partial charge in [0.1, 0.15) is 0 Å². The third-order valence-corrected chi connectivity index (χ3v) is 5.84. The van der Waals surface area contributed by atoms with Gasteiger partial charge in [0.25, 0.3) is 5.91 Å². The van der Waals surface area contributed by atoms with E-state index >= 15 is 0 Å². The van der Waals surface area contributed by atoms with Crippen LogP contribution in [0.2, 0.25) is 0 Å². The van der Waals surface area contributed by atoms with Crippen LogP contribution in [-0.2, 0) is 17.8 Å². The van der Waals surface area contributed by atoms with Crippen LogP contribution in [0.1, 0.15) is 40.7 Å². The Kier molecular flexibility index (Phi) is 6.80. The van der Waals surface area contributed by atoms with E-state index in [1.54, 1.807) is 0 Å². The molecule has 2 fully saturated rings. The highest BCUT2D eigenvalue weighted by Crippen LogP contribution is 2.20. The number of piperidine rings is 1. The zero-order valence-electron chi connectivity index (χ0n) is 17.1. The number of amides is 1. The van der Waals surface area contributed by atoms with E-state index in [2.05, 4.69) is 51.5 Å². The van der Waals surface area contributed by atoms with Crippen LogP contribution >= 0.6 is 0 Å². The predicted molar refractivity (Wildman–Crippen MR) is 116 cm³/mol. The normalized spacial score (nSPS) is 17.9. The molecule has 2 heterocycles. The van der Waals surface area contributed by atoms with Gasteiger partial charge in [-0.25, -0.2) is 0 Å². The van der Waals surface area contributed by atoms with Crippen molar-refractivity contribution in [3.05, 3.63) is 65.2 Å². The summed E-state index contributed by atoms with van der Waals surface area (Å²) in [7, 11) is 0. The molecule has 5 nitrogen and oxygen atoms in total. The second-order valence-corrected chi connectivity index (χ2v) is 7.98. The summed E-state index contributed by atoms with van der Waals surface area (Å²) < 4.78 is 5.40. The number of carbonyl (C=O) groups excluding carboxylic acids is 1. The lowest BCUT2D eigenvalue weighted by molar-refractivity contribution is 0.0342. The van der Waals surface area contributed by atoms with Gasteiger partial charge >= 0.3 is 0 Å². The van der Waals surface area contributed by atoms with Crippen LogP contribution in [-0.4, -0.2) is 50.2 Å². The monoisotopic (exact) mass is 393 g/mol. The Balaban J connectivity index is 1.26. The van der Waals surface area contributed by atoms with E-state index in [-0.39, 0.29) is 5.91 Å². The van der Waals surface area contributed by atoms with Crippen molar-refractivity contribution in [2.45, 2.75) is 32.4 Å². The first-order chi connectivity index (χ1) is 14.3. The average Bonchev–Trinajstić information content (AvgIpc) is 2.80. The molecule has 0 unspecified atom stereocenters. The van der Waals surface area contributed by atoms with Crippen molar-refractivity contribution in [2.75, 3.05) is 44.3 Å². The number of nitrogens with one attached hydrogen (secondary N) is 1. The summed E-state index contributed by atoms with van der Waals surface area (Å²) in [6.45, 7) is 7.37. The summed E-state index contributed by atoms with van der Waals surface area (Å²) in [5, 5.41) is 3.04. The average molecular weight is 394 g/mol. The lowest BCUT2D eigenvalue weighted by Crippen LogP contribution is -2.35. The minimum Gasteiger partial charge on any atom is -0.379 e. The van der Waals surface area contributed by atoms with Crippen LogP contribution in [0.15, 0.2) is 48.5 Å². The van der Waals surface area contributed by atoms with Gasteiger partial charge in [-0.05, 0) is 54.7 Å². The Morgan fingerprint density at radius 1 is 0.828 bits per heavy atom. The second-order valence-electron chi connectivity index (χ2n) is 7.98. The number of benzene rings is 2. The maximum Gasteiger partial charge on any atom is 0.251 e. The largest absolute Gasteiger partial charge is 0.379 e. The van der Waals surface area contributed by atoms with E-state index in [0.717, 1.165) is 57.1 Å². The van der Waals surface area contributed by atoms with Crippen molar-refractivity contribution < 1.29 is 9.53 Å². The van der Waals surface area contributed by atoms with Crippen LogP contribution < -0.4 is 10.2 Å². The lowest BCUT2D eigenvalue weighted by Gasteiger charge is -2.28. The molecule has 0 bridgehead atoms. The number of ether oxygens (including phenoxy) is 1. The SMILES string of the molecule is O=C(NCc1ccc(CN2CCOCC2)cc1)c1ccc(N2CCCCC2)cc1. The summed E-state index contributed by atoms with van der Waals surface area (Å²) in [5.74, 6) is -0.0208. The molecule has 29 heavy (non-hydrogen) atoms. The fraction of sp³-hybridized carbons (Fsp3) is 0.458. The van der Waals surface area contributed by atoms with Crippen molar-refractivity contribution >= 4 is 11.6 Å². The van der Waals surface area contributed by atoms with Gasteiger partial charge in [0.05, 0.1) is 13.2 Å². The molecule has 2 aromatic rings. The highest BCUT2D eigenvalue weighted by Gasteiger charge is 2.13. The molecular weight excluding hydrogens is 362 g/mol. The topological polar surface area (TPSA) is 44.8 Å². The molecule has 1 amide bonds.